The molecule has 2 aromatic rings. The number of hydrogen-bond donors (Lipinski definition) is 2. The highest BCUT2D eigenvalue weighted by Gasteiger charge is 2.29. The summed E-state index contributed by atoms with van der Waals surface area (Å²) in [5, 5.41) is 6.06. The molecule has 1 aromatic carbocycles. The molecule has 2 N–H and O–H groups in total. The molecule has 2 heterocycles. The lowest BCUT2D eigenvalue weighted by molar-refractivity contribution is 0.0936. The smallest absolute Gasteiger partial charge is 0.270 e. The molecule has 3 rings (SSSR count). The van der Waals surface area contributed by atoms with Gasteiger partial charge in [0.15, 0.2) is 15.7 Å². The lowest BCUT2D eigenvalue weighted by Crippen LogP contribution is -2.36. The van der Waals surface area contributed by atoms with E-state index in [1.165, 1.54) is 0 Å². The summed E-state index contributed by atoms with van der Waals surface area (Å²) in [6, 6.07) is 10.9. The van der Waals surface area contributed by atoms with Gasteiger partial charge in [0.1, 0.15) is 11.5 Å². The summed E-state index contributed by atoms with van der Waals surface area (Å²) >= 11 is 0. The summed E-state index contributed by atoms with van der Waals surface area (Å²) in [5.41, 5.74) is 1.03. The zero-order chi connectivity index (χ0) is 19.4. The minimum atomic E-state index is -3.06. The van der Waals surface area contributed by atoms with Gasteiger partial charge in [0.05, 0.1) is 11.5 Å². The Morgan fingerprint density at radius 3 is 2.63 bits per heavy atom. The standard InChI is InChI=1S/C19H24N4O3S/c1-3-13(2)20-17-11-16(19(24)21-15-9-10-27(25,26)12-15)22-18(23-17)14-7-5-4-6-8-14/h4-8,11,13,15H,3,9-10,12H2,1-2H3,(H,21,24)(H,20,22,23). The normalized spacial score (nSPS) is 19.4. The number of rotatable bonds is 6. The fraction of sp³-hybridized carbons (Fsp3) is 0.421. The van der Waals surface area contributed by atoms with Gasteiger partial charge in [-0.15, -0.1) is 0 Å². The second-order valence-electron chi connectivity index (χ2n) is 6.86. The summed E-state index contributed by atoms with van der Waals surface area (Å²) in [7, 11) is -3.06. The Balaban J connectivity index is 1.88. The Kier molecular flexibility index (Phi) is 5.74. The highest BCUT2D eigenvalue weighted by Crippen LogP contribution is 2.19. The van der Waals surface area contributed by atoms with Gasteiger partial charge >= 0.3 is 0 Å². The van der Waals surface area contributed by atoms with Gasteiger partial charge in [-0.3, -0.25) is 4.79 Å². The molecule has 1 fully saturated rings. The second kappa shape index (κ2) is 8.04. The van der Waals surface area contributed by atoms with Crippen molar-refractivity contribution >= 4 is 21.6 Å². The molecule has 0 aliphatic carbocycles. The summed E-state index contributed by atoms with van der Waals surface area (Å²) in [4.78, 5) is 21.6. The molecule has 2 unspecified atom stereocenters. The summed E-state index contributed by atoms with van der Waals surface area (Å²) < 4.78 is 23.2. The lowest BCUT2D eigenvalue weighted by atomic mass is 10.2. The molecule has 0 saturated carbocycles. The summed E-state index contributed by atoms with van der Waals surface area (Å²) in [6.45, 7) is 4.10. The third-order valence-corrected chi connectivity index (χ3v) is 6.33. The van der Waals surface area contributed by atoms with Gasteiger partial charge in [-0.05, 0) is 19.8 Å². The average Bonchev–Trinajstić information content (AvgIpc) is 3.00. The molecule has 8 heteroatoms. The van der Waals surface area contributed by atoms with Crippen LogP contribution in [0, 0.1) is 0 Å². The second-order valence-corrected chi connectivity index (χ2v) is 9.08. The molecular weight excluding hydrogens is 364 g/mol. The van der Waals surface area contributed by atoms with Gasteiger partial charge in [0.2, 0.25) is 0 Å². The Morgan fingerprint density at radius 2 is 2.00 bits per heavy atom. The van der Waals surface area contributed by atoms with E-state index in [0.29, 0.717) is 18.1 Å². The van der Waals surface area contributed by atoms with Crippen LogP contribution in [0.25, 0.3) is 11.4 Å². The number of nitrogens with one attached hydrogen (secondary N) is 2. The number of carbonyl (C=O) groups is 1. The van der Waals surface area contributed by atoms with E-state index in [1.807, 2.05) is 37.3 Å². The van der Waals surface area contributed by atoms with Gasteiger partial charge in [0.25, 0.3) is 5.91 Å². The molecule has 0 spiro atoms. The van der Waals surface area contributed by atoms with Crippen molar-refractivity contribution < 1.29 is 13.2 Å². The largest absolute Gasteiger partial charge is 0.367 e. The lowest BCUT2D eigenvalue weighted by Gasteiger charge is -2.15. The Hall–Kier alpha value is -2.48. The molecule has 0 bridgehead atoms. The van der Waals surface area contributed by atoms with Gasteiger partial charge < -0.3 is 10.6 Å². The number of hydrogen-bond acceptors (Lipinski definition) is 6. The van der Waals surface area contributed by atoms with Crippen LogP contribution < -0.4 is 10.6 Å². The molecule has 27 heavy (non-hydrogen) atoms. The summed E-state index contributed by atoms with van der Waals surface area (Å²) in [5.74, 6) is 0.727. The van der Waals surface area contributed by atoms with Gasteiger partial charge in [-0.25, -0.2) is 18.4 Å². The highest BCUT2D eigenvalue weighted by atomic mass is 32.2. The number of amides is 1. The fourth-order valence-corrected chi connectivity index (χ4v) is 4.55. The topological polar surface area (TPSA) is 101 Å². The van der Waals surface area contributed by atoms with Crippen LogP contribution in [0.3, 0.4) is 0 Å². The number of nitrogens with zero attached hydrogens (tertiary/aromatic N) is 2. The molecule has 144 valence electrons. The van der Waals surface area contributed by atoms with Crippen molar-refractivity contribution in [3.8, 4) is 11.4 Å². The van der Waals surface area contributed by atoms with Crippen molar-refractivity contribution in [1.29, 1.82) is 0 Å². The number of aromatic nitrogens is 2. The van der Waals surface area contributed by atoms with Crippen LogP contribution in [0.1, 0.15) is 37.2 Å². The monoisotopic (exact) mass is 388 g/mol. The Morgan fingerprint density at radius 1 is 1.26 bits per heavy atom. The van der Waals surface area contributed by atoms with Crippen molar-refractivity contribution in [2.75, 3.05) is 16.8 Å². The summed E-state index contributed by atoms with van der Waals surface area (Å²) in [6.07, 6.45) is 1.34. The predicted octanol–water partition coefficient (Wildman–Crippen LogP) is 2.27. The zero-order valence-corrected chi connectivity index (χ0v) is 16.3. The van der Waals surface area contributed by atoms with E-state index in [2.05, 4.69) is 27.5 Å². The molecule has 2 atom stereocenters. The molecule has 0 radical (unpaired) electrons. The zero-order valence-electron chi connectivity index (χ0n) is 15.5. The molecule has 1 aromatic heterocycles. The van der Waals surface area contributed by atoms with Crippen molar-refractivity contribution in [2.24, 2.45) is 0 Å². The van der Waals surface area contributed by atoms with E-state index < -0.39 is 9.84 Å². The quantitative estimate of drug-likeness (QED) is 0.787. The van der Waals surface area contributed by atoms with Crippen LogP contribution in [-0.2, 0) is 9.84 Å². The minimum absolute atomic E-state index is 0.0205. The maximum Gasteiger partial charge on any atom is 0.270 e. The van der Waals surface area contributed by atoms with Crippen molar-refractivity contribution in [3.05, 3.63) is 42.1 Å². The first kappa shape index (κ1) is 19.3. The van der Waals surface area contributed by atoms with Crippen molar-refractivity contribution in [1.82, 2.24) is 15.3 Å². The number of anilines is 1. The molecular formula is C19H24N4O3S. The van der Waals surface area contributed by atoms with Gasteiger partial charge in [-0.1, -0.05) is 37.3 Å². The average molecular weight is 388 g/mol. The van der Waals surface area contributed by atoms with Crippen LogP contribution >= 0.6 is 0 Å². The minimum Gasteiger partial charge on any atom is -0.367 e. The van der Waals surface area contributed by atoms with Crippen LogP contribution in [0.2, 0.25) is 0 Å². The van der Waals surface area contributed by atoms with E-state index in [0.717, 1.165) is 12.0 Å². The molecule has 1 aliphatic heterocycles. The molecule has 1 aliphatic rings. The van der Waals surface area contributed by atoms with Crippen LogP contribution in [0.4, 0.5) is 5.82 Å². The molecule has 1 saturated heterocycles. The maximum atomic E-state index is 12.7. The first-order valence-electron chi connectivity index (χ1n) is 9.08. The molecule has 7 nitrogen and oxygen atoms in total. The number of benzene rings is 1. The fourth-order valence-electron chi connectivity index (χ4n) is 2.88. The SMILES string of the molecule is CCC(C)Nc1cc(C(=O)NC2CCS(=O)(=O)C2)nc(-c2ccccc2)n1. The highest BCUT2D eigenvalue weighted by molar-refractivity contribution is 7.91. The van der Waals surface area contributed by atoms with E-state index in [-0.39, 0.29) is 35.2 Å². The Bertz CT molecular complexity index is 916. The molecule has 1 amide bonds. The third-order valence-electron chi connectivity index (χ3n) is 4.57. The van der Waals surface area contributed by atoms with E-state index >= 15 is 0 Å². The first-order valence-corrected chi connectivity index (χ1v) is 10.9. The predicted molar refractivity (Wildman–Crippen MR) is 105 cm³/mol. The number of carbonyl (C=O) groups excluding carboxylic acids is 1. The van der Waals surface area contributed by atoms with Gasteiger partial charge in [-0.2, -0.15) is 0 Å². The third kappa shape index (κ3) is 5.03. The van der Waals surface area contributed by atoms with Crippen LogP contribution in [0.5, 0.6) is 0 Å². The van der Waals surface area contributed by atoms with Crippen LogP contribution in [-0.4, -0.2) is 47.9 Å². The Labute approximate surface area is 159 Å². The van der Waals surface area contributed by atoms with Crippen molar-refractivity contribution in [3.63, 3.8) is 0 Å². The number of sulfone groups is 1. The van der Waals surface area contributed by atoms with E-state index in [1.54, 1.807) is 6.07 Å². The van der Waals surface area contributed by atoms with Crippen molar-refractivity contribution in [2.45, 2.75) is 38.8 Å². The van der Waals surface area contributed by atoms with Gasteiger partial charge in [0, 0.05) is 23.7 Å². The van der Waals surface area contributed by atoms with Crippen LogP contribution in [0.15, 0.2) is 36.4 Å². The first-order chi connectivity index (χ1) is 12.9. The maximum absolute atomic E-state index is 12.7. The van der Waals surface area contributed by atoms with E-state index in [4.69, 9.17) is 0 Å². The van der Waals surface area contributed by atoms with E-state index in [9.17, 15) is 13.2 Å².